The van der Waals surface area contributed by atoms with Gasteiger partial charge in [0.2, 0.25) is 0 Å². The number of alkyl halides is 1. The Labute approximate surface area is 180 Å². The summed E-state index contributed by atoms with van der Waals surface area (Å²) in [5.74, 6) is 0.793. The third-order valence-corrected chi connectivity index (χ3v) is 7.85. The highest BCUT2D eigenvalue weighted by Gasteiger charge is 2.49. The maximum Gasteiger partial charge on any atom is 0.319 e. The molecule has 7 nitrogen and oxygen atoms in total. The SMILES string of the molecule is [O-][S+]1CCN(c2nc(OC[C@@]34CCCN3C[C@H](F)C4)nc3c(F)c(Cl)ncc23)CC1. The molecule has 0 saturated carbocycles. The summed E-state index contributed by atoms with van der Waals surface area (Å²) in [6, 6.07) is 0.0360. The van der Waals surface area contributed by atoms with Crippen LogP contribution in [0.3, 0.4) is 0 Å². The van der Waals surface area contributed by atoms with Crippen molar-refractivity contribution in [3.05, 3.63) is 17.2 Å². The van der Waals surface area contributed by atoms with Crippen molar-refractivity contribution < 1.29 is 18.1 Å². The molecule has 11 heteroatoms. The molecule has 2 aromatic rings. The Balaban J connectivity index is 1.48. The molecule has 5 rings (SSSR count). The maximum atomic E-state index is 14.7. The monoisotopic (exact) mass is 457 g/mol. The van der Waals surface area contributed by atoms with Crippen LogP contribution < -0.4 is 9.64 Å². The van der Waals surface area contributed by atoms with E-state index in [-0.39, 0.29) is 28.8 Å². The molecule has 0 aromatic carbocycles. The molecule has 3 aliphatic rings. The van der Waals surface area contributed by atoms with Crippen LogP contribution in [-0.2, 0) is 11.2 Å². The van der Waals surface area contributed by atoms with Gasteiger partial charge in [-0.3, -0.25) is 4.90 Å². The molecule has 0 bridgehead atoms. The number of fused-ring (bicyclic) bond motifs is 2. The first-order chi connectivity index (χ1) is 14.4. The molecule has 0 unspecified atom stereocenters. The van der Waals surface area contributed by atoms with E-state index >= 15 is 0 Å². The fraction of sp³-hybridized carbons (Fsp3) is 0.632. The lowest BCUT2D eigenvalue weighted by Crippen LogP contribution is -2.43. The van der Waals surface area contributed by atoms with Crippen LogP contribution in [0.15, 0.2) is 6.20 Å². The summed E-state index contributed by atoms with van der Waals surface area (Å²) >= 11 is 5.01. The smallest absolute Gasteiger partial charge is 0.319 e. The lowest BCUT2D eigenvalue weighted by Gasteiger charge is -2.31. The van der Waals surface area contributed by atoms with E-state index < -0.39 is 23.2 Å². The van der Waals surface area contributed by atoms with Gasteiger partial charge < -0.3 is 14.2 Å². The lowest BCUT2D eigenvalue weighted by atomic mass is 9.95. The van der Waals surface area contributed by atoms with E-state index in [1.807, 2.05) is 4.90 Å². The normalized spacial score (nSPS) is 27.7. The van der Waals surface area contributed by atoms with Crippen LogP contribution in [-0.4, -0.2) is 80.4 Å². The van der Waals surface area contributed by atoms with E-state index in [1.54, 1.807) is 0 Å². The van der Waals surface area contributed by atoms with Gasteiger partial charge in [0, 0.05) is 19.2 Å². The second kappa shape index (κ2) is 7.89. The molecule has 0 amide bonds. The quantitative estimate of drug-likeness (QED) is 0.515. The summed E-state index contributed by atoms with van der Waals surface area (Å²) in [6.07, 6.45) is 2.87. The van der Waals surface area contributed by atoms with E-state index in [0.717, 1.165) is 19.4 Å². The predicted molar refractivity (Wildman–Crippen MR) is 111 cm³/mol. The van der Waals surface area contributed by atoms with Gasteiger partial charge in [-0.05, 0) is 19.4 Å². The van der Waals surface area contributed by atoms with Gasteiger partial charge in [-0.1, -0.05) is 22.8 Å². The average Bonchev–Trinajstić information content (AvgIpc) is 3.25. The Hall–Kier alpha value is -1.49. The van der Waals surface area contributed by atoms with Crippen molar-refractivity contribution in [3.63, 3.8) is 0 Å². The molecular formula is C19H22ClF2N5O2S. The van der Waals surface area contributed by atoms with Gasteiger partial charge in [0.05, 0.1) is 24.0 Å². The lowest BCUT2D eigenvalue weighted by molar-refractivity contribution is 0.107. The molecule has 3 saturated heterocycles. The zero-order valence-corrected chi connectivity index (χ0v) is 17.9. The Kier molecular flexibility index (Phi) is 5.37. The standard InChI is InChI=1S/C19H22ClF2N5O2S/c20-16-14(22)15-13(9-23-16)17(26-4-6-30(28)7-5-26)25-18(24-15)29-11-19-2-1-3-27(19)10-12(21)8-19/h9,12H,1-8,10-11H2/t12-,19+/m1/s1. The second-order valence-corrected chi connectivity index (χ2v) is 10.2. The summed E-state index contributed by atoms with van der Waals surface area (Å²) in [7, 11) is 0. The first kappa shape index (κ1) is 20.4. The molecule has 0 radical (unpaired) electrons. The zero-order valence-electron chi connectivity index (χ0n) is 16.3. The molecule has 30 heavy (non-hydrogen) atoms. The minimum Gasteiger partial charge on any atom is -0.616 e. The van der Waals surface area contributed by atoms with Gasteiger partial charge in [-0.2, -0.15) is 9.97 Å². The molecule has 2 atom stereocenters. The van der Waals surface area contributed by atoms with Gasteiger partial charge >= 0.3 is 6.01 Å². The van der Waals surface area contributed by atoms with Crippen LogP contribution in [0.4, 0.5) is 14.6 Å². The van der Waals surface area contributed by atoms with Gasteiger partial charge in [-0.15, -0.1) is 0 Å². The van der Waals surface area contributed by atoms with Crippen LogP contribution in [0.5, 0.6) is 6.01 Å². The van der Waals surface area contributed by atoms with E-state index in [9.17, 15) is 13.3 Å². The average molecular weight is 458 g/mol. The van der Waals surface area contributed by atoms with Crippen LogP contribution in [0.1, 0.15) is 19.3 Å². The number of rotatable bonds is 4. The fourth-order valence-corrected chi connectivity index (χ4v) is 5.99. The summed E-state index contributed by atoms with van der Waals surface area (Å²) < 4.78 is 46.5. The van der Waals surface area contributed by atoms with Crippen molar-refractivity contribution in [2.75, 3.05) is 49.2 Å². The third-order valence-electron chi connectivity index (χ3n) is 6.31. The number of hydrogen-bond acceptors (Lipinski definition) is 7. The summed E-state index contributed by atoms with van der Waals surface area (Å²) in [5, 5.41) is 0.164. The van der Waals surface area contributed by atoms with Crippen molar-refractivity contribution in [3.8, 4) is 6.01 Å². The molecule has 3 aliphatic heterocycles. The molecule has 3 fully saturated rings. The molecule has 0 N–H and O–H groups in total. The molecule has 2 aromatic heterocycles. The molecule has 162 valence electrons. The number of anilines is 1. The van der Waals surface area contributed by atoms with E-state index in [0.29, 0.717) is 48.8 Å². The molecular weight excluding hydrogens is 436 g/mol. The number of hydrogen-bond donors (Lipinski definition) is 0. The van der Waals surface area contributed by atoms with Crippen LogP contribution in [0.25, 0.3) is 10.9 Å². The summed E-state index contributed by atoms with van der Waals surface area (Å²) in [5.41, 5.74) is -0.314. The first-order valence-corrected chi connectivity index (χ1v) is 12.0. The van der Waals surface area contributed by atoms with Gasteiger partial charge in [-0.25, -0.2) is 13.8 Å². The topological polar surface area (TPSA) is 77.4 Å². The Morgan fingerprint density at radius 3 is 2.90 bits per heavy atom. The highest BCUT2D eigenvalue weighted by molar-refractivity contribution is 7.91. The largest absolute Gasteiger partial charge is 0.616 e. The van der Waals surface area contributed by atoms with Crippen molar-refractivity contribution in [2.45, 2.75) is 31.0 Å². The number of pyridine rings is 1. The van der Waals surface area contributed by atoms with Crippen molar-refractivity contribution in [2.24, 2.45) is 0 Å². The Bertz CT molecular complexity index is 964. The minimum absolute atomic E-state index is 0.0360. The number of halogens is 3. The van der Waals surface area contributed by atoms with Crippen LogP contribution in [0, 0.1) is 5.82 Å². The van der Waals surface area contributed by atoms with E-state index in [4.69, 9.17) is 16.3 Å². The summed E-state index contributed by atoms with van der Waals surface area (Å²) in [6.45, 7) is 2.60. The van der Waals surface area contributed by atoms with Crippen molar-refractivity contribution in [1.29, 1.82) is 0 Å². The number of ether oxygens (including phenoxy) is 1. The minimum atomic E-state index is -0.863. The number of aromatic nitrogens is 3. The van der Waals surface area contributed by atoms with Crippen molar-refractivity contribution >= 4 is 39.5 Å². The van der Waals surface area contributed by atoms with E-state index in [1.165, 1.54) is 6.20 Å². The maximum absolute atomic E-state index is 14.7. The first-order valence-electron chi connectivity index (χ1n) is 10.1. The highest BCUT2D eigenvalue weighted by atomic mass is 35.5. The fourth-order valence-electron chi connectivity index (χ4n) is 4.80. The zero-order chi connectivity index (χ0) is 20.9. The molecule has 0 spiro atoms. The predicted octanol–water partition coefficient (Wildman–Crippen LogP) is 2.34. The van der Waals surface area contributed by atoms with Crippen LogP contribution in [0.2, 0.25) is 5.15 Å². The van der Waals surface area contributed by atoms with Gasteiger partial charge in [0.1, 0.15) is 35.6 Å². The second-order valence-electron chi connectivity index (χ2n) is 8.15. The Morgan fingerprint density at radius 2 is 2.10 bits per heavy atom. The Morgan fingerprint density at radius 1 is 1.30 bits per heavy atom. The molecule has 0 aliphatic carbocycles. The van der Waals surface area contributed by atoms with Gasteiger partial charge in [0.25, 0.3) is 0 Å². The summed E-state index contributed by atoms with van der Waals surface area (Å²) in [4.78, 5) is 16.8. The van der Waals surface area contributed by atoms with Gasteiger partial charge in [0.15, 0.2) is 11.0 Å². The molecule has 5 heterocycles. The van der Waals surface area contributed by atoms with E-state index in [2.05, 4.69) is 19.9 Å². The van der Waals surface area contributed by atoms with Crippen molar-refractivity contribution in [1.82, 2.24) is 19.9 Å². The third kappa shape index (κ3) is 3.57. The van der Waals surface area contributed by atoms with Crippen LogP contribution >= 0.6 is 11.6 Å². The highest BCUT2D eigenvalue weighted by Crippen LogP contribution is 2.40. The number of nitrogens with zero attached hydrogens (tertiary/aromatic N) is 5.